The van der Waals surface area contributed by atoms with E-state index in [1.807, 2.05) is 49.3 Å². The van der Waals surface area contributed by atoms with Crippen LogP contribution in [0.5, 0.6) is 17.2 Å². The molecule has 2 aromatic rings. The summed E-state index contributed by atoms with van der Waals surface area (Å²) in [6.07, 6.45) is 1.86. The topological polar surface area (TPSA) is 48.0 Å². The van der Waals surface area contributed by atoms with E-state index in [0.29, 0.717) is 28.4 Å². The van der Waals surface area contributed by atoms with Crippen LogP contribution in [0.4, 0.5) is 5.69 Å². The van der Waals surface area contributed by atoms with Crippen LogP contribution in [0, 0.1) is 0 Å². The molecule has 0 spiro atoms. The first kappa shape index (κ1) is 19.4. The summed E-state index contributed by atoms with van der Waals surface area (Å²) in [6.45, 7) is 1.79. The van der Waals surface area contributed by atoms with Crippen molar-refractivity contribution in [2.45, 2.75) is 6.92 Å². The van der Waals surface area contributed by atoms with Crippen molar-refractivity contribution in [2.75, 3.05) is 40.3 Å². The Labute approximate surface area is 154 Å². The second-order valence-electron chi connectivity index (χ2n) is 6.02. The summed E-state index contributed by atoms with van der Waals surface area (Å²) < 4.78 is 16.0. The first-order valence-corrected chi connectivity index (χ1v) is 8.22. The average molecular weight is 355 g/mol. The zero-order valence-electron chi connectivity index (χ0n) is 16.1. The maximum atomic E-state index is 12.9. The molecule has 5 nitrogen and oxygen atoms in total. The van der Waals surface area contributed by atoms with E-state index in [2.05, 4.69) is 0 Å². The molecule has 0 aliphatic heterocycles. The van der Waals surface area contributed by atoms with E-state index < -0.39 is 0 Å². The third-order valence-electron chi connectivity index (χ3n) is 4.10. The van der Waals surface area contributed by atoms with Crippen molar-refractivity contribution in [2.24, 2.45) is 0 Å². The molecule has 5 heteroatoms. The number of benzene rings is 2. The monoisotopic (exact) mass is 355 g/mol. The molecule has 0 aliphatic carbocycles. The molecular formula is C21H25NO4. The number of carbonyl (C=O) groups excluding carboxylic acids is 1. The van der Waals surface area contributed by atoms with Gasteiger partial charge in [0.25, 0.3) is 0 Å². The Bertz CT molecular complexity index is 808. The van der Waals surface area contributed by atoms with Crippen LogP contribution in [0.1, 0.15) is 22.8 Å². The highest BCUT2D eigenvalue weighted by Crippen LogP contribution is 2.40. The number of ketones is 1. The molecule has 0 saturated heterocycles. The summed E-state index contributed by atoms with van der Waals surface area (Å²) in [7, 11) is 8.55. The van der Waals surface area contributed by atoms with Gasteiger partial charge in [0.15, 0.2) is 17.3 Å². The molecule has 0 unspecified atom stereocenters. The molecule has 0 aliphatic rings. The molecule has 0 saturated carbocycles. The lowest BCUT2D eigenvalue weighted by molar-refractivity contribution is 0.103. The molecule has 2 aromatic carbocycles. The zero-order chi connectivity index (χ0) is 19.3. The number of ether oxygens (including phenoxy) is 3. The van der Waals surface area contributed by atoms with Crippen LogP contribution in [0.2, 0.25) is 0 Å². The average Bonchev–Trinajstić information content (AvgIpc) is 2.66. The lowest BCUT2D eigenvalue weighted by Crippen LogP contribution is -2.08. The van der Waals surface area contributed by atoms with Gasteiger partial charge in [-0.25, -0.2) is 0 Å². The van der Waals surface area contributed by atoms with Crippen LogP contribution >= 0.6 is 0 Å². The second kappa shape index (κ2) is 8.43. The van der Waals surface area contributed by atoms with E-state index in [9.17, 15) is 4.79 Å². The number of hydrogen-bond acceptors (Lipinski definition) is 5. The fraction of sp³-hybridized carbons (Fsp3) is 0.286. The molecule has 0 amide bonds. The van der Waals surface area contributed by atoms with Crippen LogP contribution in [-0.2, 0) is 0 Å². The van der Waals surface area contributed by atoms with Gasteiger partial charge in [0.1, 0.15) is 0 Å². The SMILES string of the molecule is COc1ccc(C(=O)/C(C)=C/c2ccc(N(C)C)cc2)c(OC)c1OC. The molecule has 0 N–H and O–H groups in total. The van der Waals surface area contributed by atoms with Crippen LogP contribution in [0.3, 0.4) is 0 Å². The Morgan fingerprint density at radius 2 is 1.50 bits per heavy atom. The minimum atomic E-state index is -0.125. The number of anilines is 1. The number of Topliss-reactive ketones (excluding diaryl/α,β-unsaturated/α-hetero) is 1. The Balaban J connectivity index is 2.38. The van der Waals surface area contributed by atoms with Gasteiger partial charge in [-0.2, -0.15) is 0 Å². The van der Waals surface area contributed by atoms with E-state index in [1.54, 1.807) is 26.2 Å². The Morgan fingerprint density at radius 3 is 2.00 bits per heavy atom. The lowest BCUT2D eigenvalue weighted by Gasteiger charge is -2.15. The molecule has 2 rings (SSSR count). The van der Waals surface area contributed by atoms with Gasteiger partial charge in [-0.15, -0.1) is 0 Å². The van der Waals surface area contributed by atoms with Gasteiger partial charge >= 0.3 is 0 Å². The molecule has 26 heavy (non-hydrogen) atoms. The van der Waals surface area contributed by atoms with Gasteiger partial charge < -0.3 is 19.1 Å². The zero-order valence-corrected chi connectivity index (χ0v) is 16.1. The highest BCUT2D eigenvalue weighted by Gasteiger charge is 2.21. The van der Waals surface area contributed by atoms with Crippen molar-refractivity contribution in [3.63, 3.8) is 0 Å². The molecule has 0 fully saturated rings. The van der Waals surface area contributed by atoms with E-state index in [4.69, 9.17) is 14.2 Å². The maximum absolute atomic E-state index is 12.9. The number of hydrogen-bond donors (Lipinski definition) is 0. The number of methoxy groups -OCH3 is 3. The number of nitrogens with zero attached hydrogens (tertiary/aromatic N) is 1. The number of rotatable bonds is 7. The molecule has 0 radical (unpaired) electrons. The van der Waals surface area contributed by atoms with Gasteiger partial charge in [-0.05, 0) is 48.4 Å². The minimum Gasteiger partial charge on any atom is -0.493 e. The molecule has 0 bridgehead atoms. The van der Waals surface area contributed by atoms with Crippen molar-refractivity contribution in [3.05, 3.63) is 53.1 Å². The summed E-state index contributed by atoms with van der Waals surface area (Å²) in [6, 6.07) is 11.4. The first-order valence-electron chi connectivity index (χ1n) is 8.22. The molecule has 138 valence electrons. The van der Waals surface area contributed by atoms with Gasteiger partial charge in [-0.1, -0.05) is 12.1 Å². The van der Waals surface area contributed by atoms with E-state index in [1.165, 1.54) is 14.2 Å². The Morgan fingerprint density at radius 1 is 0.885 bits per heavy atom. The van der Waals surface area contributed by atoms with Crippen molar-refractivity contribution >= 4 is 17.5 Å². The van der Waals surface area contributed by atoms with Crippen molar-refractivity contribution in [3.8, 4) is 17.2 Å². The second-order valence-corrected chi connectivity index (χ2v) is 6.02. The lowest BCUT2D eigenvalue weighted by atomic mass is 10.0. The van der Waals surface area contributed by atoms with Crippen LogP contribution in [0.15, 0.2) is 42.0 Å². The summed E-state index contributed by atoms with van der Waals surface area (Å²) in [5.41, 5.74) is 3.10. The third kappa shape index (κ3) is 3.99. The standard InChI is InChI=1S/C21H25NO4/c1-14(13-15-7-9-16(10-8-15)22(2)3)19(23)17-11-12-18(24-4)21(26-6)20(17)25-5/h7-13H,1-6H3/b14-13+. The van der Waals surface area contributed by atoms with Gasteiger partial charge in [-0.3, -0.25) is 4.79 Å². The van der Waals surface area contributed by atoms with Gasteiger partial charge in [0.2, 0.25) is 5.75 Å². The molecule has 0 heterocycles. The Hall–Kier alpha value is -2.95. The van der Waals surface area contributed by atoms with E-state index in [0.717, 1.165) is 11.3 Å². The molecule has 0 atom stereocenters. The predicted molar refractivity (Wildman–Crippen MR) is 105 cm³/mol. The van der Waals surface area contributed by atoms with Crippen LogP contribution < -0.4 is 19.1 Å². The summed E-state index contributed by atoms with van der Waals surface area (Å²) in [5, 5.41) is 0. The van der Waals surface area contributed by atoms with Crippen molar-refractivity contribution in [1.82, 2.24) is 0 Å². The normalized spacial score (nSPS) is 11.1. The number of allylic oxidation sites excluding steroid dienone is 1. The fourth-order valence-electron chi connectivity index (χ4n) is 2.68. The fourth-order valence-corrected chi connectivity index (χ4v) is 2.68. The smallest absolute Gasteiger partial charge is 0.204 e. The largest absolute Gasteiger partial charge is 0.493 e. The van der Waals surface area contributed by atoms with Crippen LogP contribution in [0.25, 0.3) is 6.08 Å². The van der Waals surface area contributed by atoms with Crippen molar-refractivity contribution in [1.29, 1.82) is 0 Å². The highest BCUT2D eigenvalue weighted by molar-refractivity contribution is 6.13. The van der Waals surface area contributed by atoms with E-state index in [-0.39, 0.29) is 5.78 Å². The Kier molecular flexibility index (Phi) is 6.28. The highest BCUT2D eigenvalue weighted by atomic mass is 16.5. The summed E-state index contributed by atoms with van der Waals surface area (Å²) >= 11 is 0. The molecule has 0 aromatic heterocycles. The van der Waals surface area contributed by atoms with Gasteiger partial charge in [0.05, 0.1) is 26.9 Å². The molecular weight excluding hydrogens is 330 g/mol. The van der Waals surface area contributed by atoms with Crippen molar-refractivity contribution < 1.29 is 19.0 Å². The summed E-state index contributed by atoms with van der Waals surface area (Å²) in [5.74, 6) is 1.16. The van der Waals surface area contributed by atoms with Gasteiger partial charge in [0, 0.05) is 19.8 Å². The third-order valence-corrected chi connectivity index (χ3v) is 4.10. The predicted octanol–water partition coefficient (Wildman–Crippen LogP) is 4.06. The van der Waals surface area contributed by atoms with E-state index >= 15 is 0 Å². The maximum Gasteiger partial charge on any atom is 0.204 e. The summed E-state index contributed by atoms with van der Waals surface area (Å²) in [4.78, 5) is 14.9. The quantitative estimate of drug-likeness (QED) is 0.554. The first-order chi connectivity index (χ1) is 12.4. The number of carbonyl (C=O) groups is 1. The minimum absolute atomic E-state index is 0.125. The van der Waals surface area contributed by atoms with Crippen LogP contribution in [-0.4, -0.2) is 41.2 Å².